The van der Waals surface area contributed by atoms with E-state index in [2.05, 4.69) is 15.3 Å². The molecule has 0 aliphatic heterocycles. The number of carbonyl (C=O) groups is 1. The maximum absolute atomic E-state index is 11.9. The lowest BCUT2D eigenvalue weighted by molar-refractivity contribution is 0.206. The fourth-order valence-corrected chi connectivity index (χ4v) is 2.05. The van der Waals surface area contributed by atoms with Crippen LogP contribution in [0.5, 0.6) is 0 Å². The maximum Gasteiger partial charge on any atom is 0.317 e. The fraction of sp³-hybridized carbons (Fsp3) is 0.286. The molecule has 0 aliphatic rings. The van der Waals surface area contributed by atoms with Crippen LogP contribution in [0, 0.1) is 0 Å². The number of benzene rings is 1. The zero-order valence-corrected chi connectivity index (χ0v) is 12.0. The third kappa shape index (κ3) is 4.28. The Balaban J connectivity index is 1.74. The van der Waals surface area contributed by atoms with E-state index in [1.165, 1.54) is 0 Å². The fourth-order valence-electron chi connectivity index (χ4n) is 1.84. The van der Waals surface area contributed by atoms with Gasteiger partial charge in [0.05, 0.1) is 18.6 Å². The predicted molar refractivity (Wildman–Crippen MR) is 78.6 cm³/mol. The molecule has 2 N–H and O–H groups in total. The number of aromatic amines is 1. The molecule has 0 unspecified atom stereocenters. The minimum atomic E-state index is -0.110. The number of nitrogens with one attached hydrogen (secondary N) is 2. The number of urea groups is 1. The highest BCUT2D eigenvalue weighted by molar-refractivity contribution is 6.30. The Hall–Kier alpha value is -2.01. The average Bonchev–Trinajstić information content (AvgIpc) is 2.91. The first-order chi connectivity index (χ1) is 9.65. The Labute approximate surface area is 123 Å². The third-order valence-electron chi connectivity index (χ3n) is 2.89. The van der Waals surface area contributed by atoms with E-state index in [-0.39, 0.29) is 6.03 Å². The molecule has 0 fully saturated rings. The number of hydrogen-bond donors (Lipinski definition) is 2. The number of hydrogen-bond acceptors (Lipinski definition) is 2. The van der Waals surface area contributed by atoms with Crippen LogP contribution in [0.15, 0.2) is 36.8 Å². The molecule has 0 aliphatic carbocycles. The van der Waals surface area contributed by atoms with Crippen molar-refractivity contribution in [2.45, 2.75) is 13.0 Å². The minimum Gasteiger partial charge on any atom is -0.347 e. The summed E-state index contributed by atoms with van der Waals surface area (Å²) in [6.07, 6.45) is 4.06. The highest BCUT2D eigenvalue weighted by Gasteiger charge is 2.08. The smallest absolute Gasteiger partial charge is 0.317 e. The number of imidazole rings is 1. The van der Waals surface area contributed by atoms with E-state index in [0.717, 1.165) is 17.7 Å². The molecule has 5 nitrogen and oxygen atoms in total. The van der Waals surface area contributed by atoms with E-state index >= 15 is 0 Å². The van der Waals surface area contributed by atoms with Crippen LogP contribution in [0.1, 0.15) is 11.3 Å². The molecule has 106 valence electrons. The molecule has 0 spiro atoms. The van der Waals surface area contributed by atoms with Crippen LogP contribution in [0.25, 0.3) is 0 Å². The van der Waals surface area contributed by atoms with Gasteiger partial charge < -0.3 is 15.2 Å². The number of H-pyrrole nitrogens is 1. The van der Waals surface area contributed by atoms with Crippen molar-refractivity contribution >= 4 is 17.6 Å². The largest absolute Gasteiger partial charge is 0.347 e. The van der Waals surface area contributed by atoms with Crippen LogP contribution in [0.2, 0.25) is 5.02 Å². The zero-order valence-electron chi connectivity index (χ0n) is 11.3. The third-order valence-corrected chi connectivity index (χ3v) is 3.12. The van der Waals surface area contributed by atoms with E-state index in [4.69, 9.17) is 11.6 Å². The van der Waals surface area contributed by atoms with Crippen LogP contribution in [-0.4, -0.2) is 34.5 Å². The average molecular weight is 293 g/mol. The molecule has 1 heterocycles. The van der Waals surface area contributed by atoms with Gasteiger partial charge in [0, 0.05) is 24.8 Å². The summed E-state index contributed by atoms with van der Waals surface area (Å²) in [5.41, 5.74) is 2.01. The molecule has 0 radical (unpaired) electrons. The van der Waals surface area contributed by atoms with Gasteiger partial charge in [-0.1, -0.05) is 23.7 Å². The SMILES string of the molecule is CN(Cc1cnc[nH]1)C(=O)NCCc1cccc(Cl)c1. The van der Waals surface area contributed by atoms with Crippen molar-refractivity contribution in [1.29, 1.82) is 0 Å². The summed E-state index contributed by atoms with van der Waals surface area (Å²) in [7, 11) is 1.75. The summed E-state index contributed by atoms with van der Waals surface area (Å²) in [5.74, 6) is 0. The van der Waals surface area contributed by atoms with Gasteiger partial charge in [-0.25, -0.2) is 9.78 Å². The molecule has 20 heavy (non-hydrogen) atoms. The Morgan fingerprint density at radius 2 is 2.35 bits per heavy atom. The van der Waals surface area contributed by atoms with Gasteiger partial charge in [0.1, 0.15) is 0 Å². The Morgan fingerprint density at radius 1 is 1.50 bits per heavy atom. The van der Waals surface area contributed by atoms with Gasteiger partial charge in [0.15, 0.2) is 0 Å². The van der Waals surface area contributed by atoms with Crippen molar-refractivity contribution in [3.63, 3.8) is 0 Å². The van der Waals surface area contributed by atoms with E-state index in [1.807, 2.05) is 24.3 Å². The van der Waals surface area contributed by atoms with E-state index in [9.17, 15) is 4.79 Å². The van der Waals surface area contributed by atoms with Crippen LogP contribution < -0.4 is 5.32 Å². The second kappa shape index (κ2) is 6.96. The summed E-state index contributed by atoms with van der Waals surface area (Å²) in [5, 5.41) is 3.59. The van der Waals surface area contributed by atoms with Gasteiger partial charge in [-0.3, -0.25) is 0 Å². The summed E-state index contributed by atoms with van der Waals surface area (Å²) in [6.45, 7) is 1.08. The van der Waals surface area contributed by atoms with Gasteiger partial charge >= 0.3 is 6.03 Å². The number of amides is 2. The lowest BCUT2D eigenvalue weighted by atomic mass is 10.1. The van der Waals surface area contributed by atoms with Crippen molar-refractivity contribution in [2.75, 3.05) is 13.6 Å². The van der Waals surface area contributed by atoms with Crippen molar-refractivity contribution < 1.29 is 4.79 Å². The van der Waals surface area contributed by atoms with Crippen molar-refractivity contribution in [2.24, 2.45) is 0 Å². The van der Waals surface area contributed by atoms with Gasteiger partial charge in [0.25, 0.3) is 0 Å². The van der Waals surface area contributed by atoms with Crippen LogP contribution in [0.4, 0.5) is 4.79 Å². The molecule has 1 aromatic heterocycles. The number of carbonyl (C=O) groups excluding carboxylic acids is 1. The molecule has 1 aromatic carbocycles. The first-order valence-electron chi connectivity index (χ1n) is 6.36. The minimum absolute atomic E-state index is 0.110. The lowest BCUT2D eigenvalue weighted by Gasteiger charge is -2.17. The summed E-state index contributed by atoms with van der Waals surface area (Å²) >= 11 is 5.91. The molecule has 0 saturated carbocycles. The van der Waals surface area contributed by atoms with Crippen molar-refractivity contribution in [3.8, 4) is 0 Å². The number of halogens is 1. The quantitative estimate of drug-likeness (QED) is 0.889. The first-order valence-corrected chi connectivity index (χ1v) is 6.73. The highest BCUT2D eigenvalue weighted by Crippen LogP contribution is 2.10. The highest BCUT2D eigenvalue weighted by atomic mass is 35.5. The Bertz CT molecular complexity index is 556. The van der Waals surface area contributed by atoms with Crippen LogP contribution in [0.3, 0.4) is 0 Å². The second-order valence-corrected chi connectivity index (χ2v) is 4.98. The first kappa shape index (κ1) is 14.4. The molecule has 2 aromatic rings. The van der Waals surface area contributed by atoms with Crippen LogP contribution >= 0.6 is 11.6 Å². The molecular formula is C14H17ClN4O. The molecular weight excluding hydrogens is 276 g/mol. The topological polar surface area (TPSA) is 61.0 Å². The maximum atomic E-state index is 11.9. The number of aromatic nitrogens is 2. The van der Waals surface area contributed by atoms with Crippen LogP contribution in [-0.2, 0) is 13.0 Å². The van der Waals surface area contributed by atoms with Gasteiger partial charge in [-0.05, 0) is 24.1 Å². The predicted octanol–water partition coefficient (Wildman–Crippen LogP) is 2.45. The monoisotopic (exact) mass is 292 g/mol. The standard InChI is InChI=1S/C14H17ClN4O/c1-19(9-13-8-16-10-18-13)14(20)17-6-5-11-3-2-4-12(15)7-11/h2-4,7-8,10H,5-6,9H2,1H3,(H,16,18)(H,17,20). The van der Waals surface area contributed by atoms with Crippen molar-refractivity contribution in [3.05, 3.63) is 53.1 Å². The molecule has 6 heteroatoms. The summed E-state index contributed by atoms with van der Waals surface area (Å²) in [6, 6.07) is 7.53. The van der Waals surface area contributed by atoms with Crippen molar-refractivity contribution in [1.82, 2.24) is 20.2 Å². The molecule has 0 bridgehead atoms. The van der Waals surface area contributed by atoms with Gasteiger partial charge in [-0.15, -0.1) is 0 Å². The number of rotatable bonds is 5. The molecule has 2 amide bonds. The molecule has 2 rings (SSSR count). The van der Waals surface area contributed by atoms with Gasteiger partial charge in [-0.2, -0.15) is 0 Å². The van der Waals surface area contributed by atoms with E-state index < -0.39 is 0 Å². The summed E-state index contributed by atoms with van der Waals surface area (Å²) < 4.78 is 0. The zero-order chi connectivity index (χ0) is 14.4. The Kier molecular flexibility index (Phi) is 5.01. The van der Waals surface area contributed by atoms with Gasteiger partial charge in [0.2, 0.25) is 0 Å². The molecule has 0 saturated heterocycles. The normalized spacial score (nSPS) is 10.3. The Morgan fingerprint density at radius 3 is 3.05 bits per heavy atom. The van der Waals surface area contributed by atoms with E-state index in [0.29, 0.717) is 18.1 Å². The molecule has 0 atom stereocenters. The summed E-state index contributed by atoms with van der Waals surface area (Å²) in [4.78, 5) is 20.4. The second-order valence-electron chi connectivity index (χ2n) is 4.54. The lowest BCUT2D eigenvalue weighted by Crippen LogP contribution is -2.37. The number of nitrogens with zero attached hydrogens (tertiary/aromatic N) is 2. The van der Waals surface area contributed by atoms with E-state index in [1.54, 1.807) is 24.5 Å².